The molecule has 1 N–H and O–H groups in total. The molecule has 2 rings (SSSR count). The van der Waals surface area contributed by atoms with Crippen molar-refractivity contribution < 1.29 is 0 Å². The quantitative estimate of drug-likeness (QED) is 0.838. The molecule has 1 saturated heterocycles. The van der Waals surface area contributed by atoms with E-state index in [4.69, 9.17) is 0 Å². The standard InChI is InChI=1S/C17H32N4/c1-5-7-15-13-21(17(12-18-15)14(3)6-2)11-9-16-8-10-19-20(16)4/h8,10,14-15,17-18H,5-7,9,11-13H2,1-4H3. The van der Waals surface area contributed by atoms with E-state index >= 15 is 0 Å². The second-order valence-corrected chi connectivity index (χ2v) is 6.54. The van der Waals surface area contributed by atoms with Crippen molar-refractivity contribution in [3.05, 3.63) is 18.0 Å². The zero-order valence-electron chi connectivity index (χ0n) is 14.2. The number of hydrogen-bond donors (Lipinski definition) is 1. The molecule has 0 spiro atoms. The Bertz CT molecular complexity index is 415. The topological polar surface area (TPSA) is 33.1 Å². The van der Waals surface area contributed by atoms with E-state index in [1.54, 1.807) is 0 Å². The van der Waals surface area contributed by atoms with Gasteiger partial charge in [-0.1, -0.05) is 33.6 Å². The lowest BCUT2D eigenvalue weighted by molar-refractivity contribution is 0.0895. The summed E-state index contributed by atoms with van der Waals surface area (Å²) >= 11 is 0. The van der Waals surface area contributed by atoms with Gasteiger partial charge in [0, 0.05) is 57.1 Å². The SMILES string of the molecule is CCCC1CN(CCc2ccnn2C)C(C(C)CC)CN1. The van der Waals surface area contributed by atoms with Crippen LogP contribution in [0.25, 0.3) is 0 Å². The Morgan fingerprint density at radius 1 is 1.43 bits per heavy atom. The minimum Gasteiger partial charge on any atom is -0.311 e. The van der Waals surface area contributed by atoms with Crippen LogP contribution >= 0.6 is 0 Å². The molecule has 1 aliphatic rings. The highest BCUT2D eigenvalue weighted by atomic mass is 15.3. The second-order valence-electron chi connectivity index (χ2n) is 6.54. The van der Waals surface area contributed by atoms with Crippen molar-refractivity contribution in [1.29, 1.82) is 0 Å². The van der Waals surface area contributed by atoms with E-state index in [9.17, 15) is 0 Å². The largest absolute Gasteiger partial charge is 0.311 e. The van der Waals surface area contributed by atoms with E-state index in [2.05, 4.69) is 42.2 Å². The number of aryl methyl sites for hydroxylation is 1. The summed E-state index contributed by atoms with van der Waals surface area (Å²) in [6, 6.07) is 3.49. The number of rotatable bonds is 7. The van der Waals surface area contributed by atoms with Crippen LogP contribution in [0.1, 0.15) is 45.7 Å². The summed E-state index contributed by atoms with van der Waals surface area (Å²) in [6.45, 7) is 10.5. The van der Waals surface area contributed by atoms with Gasteiger partial charge in [0.25, 0.3) is 0 Å². The third-order valence-electron chi connectivity index (χ3n) is 5.06. The maximum absolute atomic E-state index is 4.28. The van der Waals surface area contributed by atoms with E-state index in [1.165, 1.54) is 31.5 Å². The van der Waals surface area contributed by atoms with Gasteiger partial charge in [-0.3, -0.25) is 9.58 Å². The molecule has 1 fully saturated rings. The van der Waals surface area contributed by atoms with E-state index in [1.807, 2.05) is 17.9 Å². The normalized spacial score (nSPS) is 25.1. The van der Waals surface area contributed by atoms with Gasteiger partial charge in [0.2, 0.25) is 0 Å². The van der Waals surface area contributed by atoms with Crippen molar-refractivity contribution in [1.82, 2.24) is 20.0 Å². The van der Waals surface area contributed by atoms with Crippen molar-refractivity contribution in [2.75, 3.05) is 19.6 Å². The van der Waals surface area contributed by atoms with E-state index < -0.39 is 0 Å². The molecule has 0 saturated carbocycles. The van der Waals surface area contributed by atoms with Gasteiger partial charge >= 0.3 is 0 Å². The third-order valence-corrected chi connectivity index (χ3v) is 5.06. The summed E-state index contributed by atoms with van der Waals surface area (Å²) in [6.07, 6.45) is 6.81. The number of piperazine rings is 1. The maximum atomic E-state index is 4.28. The molecule has 1 aromatic rings. The van der Waals surface area contributed by atoms with Gasteiger partial charge in [-0.05, 0) is 18.4 Å². The molecule has 0 aliphatic carbocycles. The molecule has 4 heteroatoms. The van der Waals surface area contributed by atoms with Gasteiger partial charge in [0.05, 0.1) is 0 Å². The average Bonchev–Trinajstić information content (AvgIpc) is 2.90. The summed E-state index contributed by atoms with van der Waals surface area (Å²) in [5.41, 5.74) is 1.34. The molecule has 1 aromatic heterocycles. The molecule has 1 aliphatic heterocycles. The van der Waals surface area contributed by atoms with Crippen molar-refractivity contribution in [3.63, 3.8) is 0 Å². The Kier molecular flexibility index (Phi) is 6.24. The van der Waals surface area contributed by atoms with Gasteiger partial charge in [0.1, 0.15) is 0 Å². The van der Waals surface area contributed by atoms with Crippen molar-refractivity contribution in [3.8, 4) is 0 Å². The zero-order valence-corrected chi connectivity index (χ0v) is 14.2. The number of aromatic nitrogens is 2. The van der Waals surface area contributed by atoms with Crippen LogP contribution in [-0.4, -0.2) is 46.4 Å². The van der Waals surface area contributed by atoms with Crippen molar-refractivity contribution in [2.45, 2.75) is 58.5 Å². The predicted molar refractivity (Wildman–Crippen MR) is 88.4 cm³/mol. The van der Waals surface area contributed by atoms with Crippen LogP contribution < -0.4 is 5.32 Å². The zero-order chi connectivity index (χ0) is 15.2. The van der Waals surface area contributed by atoms with Gasteiger partial charge in [-0.15, -0.1) is 0 Å². The summed E-state index contributed by atoms with van der Waals surface area (Å²) in [7, 11) is 2.04. The molecule has 0 radical (unpaired) electrons. The van der Waals surface area contributed by atoms with Crippen LogP contribution in [0, 0.1) is 5.92 Å². The first-order chi connectivity index (χ1) is 10.2. The monoisotopic (exact) mass is 292 g/mol. The molecule has 3 atom stereocenters. The van der Waals surface area contributed by atoms with Gasteiger partial charge < -0.3 is 5.32 Å². The summed E-state index contributed by atoms with van der Waals surface area (Å²) in [5.74, 6) is 0.756. The molecule has 0 amide bonds. The van der Waals surface area contributed by atoms with Crippen LogP contribution in [0.4, 0.5) is 0 Å². The van der Waals surface area contributed by atoms with Crippen LogP contribution in [-0.2, 0) is 13.5 Å². The molecule has 2 heterocycles. The van der Waals surface area contributed by atoms with Crippen molar-refractivity contribution in [2.24, 2.45) is 13.0 Å². The first-order valence-electron chi connectivity index (χ1n) is 8.60. The Balaban J connectivity index is 1.97. The maximum Gasteiger partial charge on any atom is 0.0492 e. The van der Waals surface area contributed by atoms with Crippen LogP contribution in [0.15, 0.2) is 12.3 Å². The van der Waals surface area contributed by atoms with Crippen LogP contribution in [0.2, 0.25) is 0 Å². The third kappa shape index (κ3) is 4.30. The van der Waals surface area contributed by atoms with Crippen LogP contribution in [0.3, 0.4) is 0 Å². The highest BCUT2D eigenvalue weighted by Gasteiger charge is 2.30. The molecule has 120 valence electrons. The molecule has 4 nitrogen and oxygen atoms in total. The number of nitrogens with zero attached hydrogens (tertiary/aromatic N) is 3. The molecule has 21 heavy (non-hydrogen) atoms. The van der Waals surface area contributed by atoms with Crippen molar-refractivity contribution >= 4 is 0 Å². The first-order valence-corrected chi connectivity index (χ1v) is 8.60. The Morgan fingerprint density at radius 3 is 2.86 bits per heavy atom. The van der Waals surface area contributed by atoms with E-state index in [0.29, 0.717) is 12.1 Å². The minimum atomic E-state index is 0.668. The van der Waals surface area contributed by atoms with Gasteiger partial charge in [-0.25, -0.2) is 0 Å². The molecular weight excluding hydrogens is 260 g/mol. The summed E-state index contributed by atoms with van der Waals surface area (Å²) < 4.78 is 2.00. The Hall–Kier alpha value is -0.870. The van der Waals surface area contributed by atoms with Gasteiger partial charge in [0.15, 0.2) is 0 Å². The molecule has 3 unspecified atom stereocenters. The second kappa shape index (κ2) is 7.95. The lowest BCUT2D eigenvalue weighted by Crippen LogP contribution is -2.58. The predicted octanol–water partition coefficient (Wildman–Crippen LogP) is 2.45. The highest BCUT2D eigenvalue weighted by Crippen LogP contribution is 2.20. The lowest BCUT2D eigenvalue weighted by atomic mass is 9.93. The molecular formula is C17H32N4. The minimum absolute atomic E-state index is 0.668. The fourth-order valence-electron chi connectivity index (χ4n) is 3.44. The Morgan fingerprint density at radius 2 is 2.24 bits per heavy atom. The number of nitrogens with one attached hydrogen (secondary N) is 1. The average molecular weight is 292 g/mol. The van der Waals surface area contributed by atoms with E-state index in [0.717, 1.165) is 25.4 Å². The highest BCUT2D eigenvalue weighted by molar-refractivity contribution is 5.01. The Labute approximate surface area is 129 Å². The lowest BCUT2D eigenvalue weighted by Gasteiger charge is -2.43. The molecule has 0 bridgehead atoms. The first kappa shape index (κ1) is 16.5. The molecule has 0 aromatic carbocycles. The number of hydrogen-bond acceptors (Lipinski definition) is 3. The van der Waals surface area contributed by atoms with Crippen LogP contribution in [0.5, 0.6) is 0 Å². The summed E-state index contributed by atoms with van der Waals surface area (Å²) in [4.78, 5) is 2.72. The fraction of sp³-hybridized carbons (Fsp3) is 0.824. The fourth-order valence-corrected chi connectivity index (χ4v) is 3.44. The smallest absolute Gasteiger partial charge is 0.0492 e. The summed E-state index contributed by atoms with van der Waals surface area (Å²) in [5, 5.41) is 8.04. The van der Waals surface area contributed by atoms with Gasteiger partial charge in [-0.2, -0.15) is 5.10 Å². The van der Waals surface area contributed by atoms with E-state index in [-0.39, 0.29) is 0 Å².